The van der Waals surface area contributed by atoms with Crippen molar-refractivity contribution in [2.45, 2.75) is 13.3 Å². The minimum Gasteiger partial charge on any atom is -0.367 e. The topological polar surface area (TPSA) is 49.8 Å². The van der Waals surface area contributed by atoms with Crippen LogP contribution in [0, 0.1) is 17.5 Å². The van der Waals surface area contributed by atoms with Gasteiger partial charge in [0, 0.05) is 19.2 Å². The maximum absolute atomic E-state index is 13.5. The number of aromatic nitrogens is 2. The molecule has 0 saturated heterocycles. The molecule has 0 spiro atoms. The zero-order valence-electron chi connectivity index (χ0n) is 11.5. The number of nitrogens with zero attached hydrogens (tertiary/aromatic N) is 2. The van der Waals surface area contributed by atoms with Crippen LogP contribution in [0.3, 0.4) is 0 Å². The first kappa shape index (κ1) is 15.1. The fraction of sp³-hybridized carbons (Fsp3) is 0.286. The molecular weight excluding hydrogens is 281 g/mol. The highest BCUT2D eigenvalue weighted by molar-refractivity contribution is 5.41. The molecule has 0 aliphatic heterocycles. The van der Waals surface area contributed by atoms with Crippen molar-refractivity contribution >= 4 is 11.8 Å². The van der Waals surface area contributed by atoms with Gasteiger partial charge in [-0.1, -0.05) is 0 Å². The van der Waals surface area contributed by atoms with Crippen molar-refractivity contribution in [3.05, 3.63) is 47.4 Å². The molecule has 0 radical (unpaired) electrons. The van der Waals surface area contributed by atoms with E-state index in [9.17, 15) is 13.2 Å². The lowest BCUT2D eigenvalue weighted by Gasteiger charge is -2.08. The third kappa shape index (κ3) is 4.34. The molecule has 0 amide bonds. The zero-order valence-corrected chi connectivity index (χ0v) is 11.5. The summed E-state index contributed by atoms with van der Waals surface area (Å²) in [4.78, 5) is 7.75. The molecule has 0 aliphatic carbocycles. The van der Waals surface area contributed by atoms with E-state index >= 15 is 0 Å². The lowest BCUT2D eigenvalue weighted by molar-refractivity contribution is 0.579. The maximum Gasteiger partial charge on any atom is 0.224 e. The predicted molar refractivity (Wildman–Crippen MR) is 74.7 cm³/mol. The molecule has 1 heterocycles. The van der Waals surface area contributed by atoms with Crippen LogP contribution in [0.1, 0.15) is 12.5 Å². The molecule has 2 N–H and O–H groups in total. The number of anilines is 2. The summed E-state index contributed by atoms with van der Waals surface area (Å²) in [6, 6.07) is 3.29. The van der Waals surface area contributed by atoms with E-state index in [0.29, 0.717) is 31.0 Å². The minimum atomic E-state index is -0.632. The smallest absolute Gasteiger partial charge is 0.224 e. The van der Waals surface area contributed by atoms with Crippen LogP contribution in [0.4, 0.5) is 24.9 Å². The van der Waals surface area contributed by atoms with Crippen molar-refractivity contribution in [1.82, 2.24) is 9.97 Å². The Morgan fingerprint density at radius 3 is 2.43 bits per heavy atom. The Bertz CT molecular complexity index is 599. The molecule has 2 aromatic rings. The Morgan fingerprint density at radius 2 is 1.76 bits per heavy atom. The first-order valence-electron chi connectivity index (χ1n) is 6.53. The van der Waals surface area contributed by atoms with E-state index in [1.807, 2.05) is 6.92 Å². The number of rotatable bonds is 6. The van der Waals surface area contributed by atoms with Crippen molar-refractivity contribution in [1.29, 1.82) is 0 Å². The summed E-state index contributed by atoms with van der Waals surface area (Å²) in [5.74, 6) is -1.47. The summed E-state index contributed by atoms with van der Waals surface area (Å²) in [5.41, 5.74) is 0.487. The number of hydrogen-bond acceptors (Lipinski definition) is 4. The lowest BCUT2D eigenvalue weighted by atomic mass is 10.1. The van der Waals surface area contributed by atoms with E-state index < -0.39 is 17.5 Å². The molecule has 0 aliphatic rings. The molecule has 1 aromatic heterocycles. The van der Waals surface area contributed by atoms with Crippen LogP contribution in [0.15, 0.2) is 24.4 Å². The third-order valence-electron chi connectivity index (χ3n) is 2.71. The number of nitrogens with one attached hydrogen (secondary N) is 2. The van der Waals surface area contributed by atoms with Gasteiger partial charge in [-0.15, -0.1) is 0 Å². The Morgan fingerprint density at radius 1 is 1.05 bits per heavy atom. The Labute approximate surface area is 120 Å². The van der Waals surface area contributed by atoms with Gasteiger partial charge in [0.2, 0.25) is 5.95 Å². The van der Waals surface area contributed by atoms with E-state index in [-0.39, 0.29) is 5.82 Å². The van der Waals surface area contributed by atoms with Crippen LogP contribution >= 0.6 is 0 Å². The van der Waals surface area contributed by atoms with E-state index in [2.05, 4.69) is 20.6 Å². The van der Waals surface area contributed by atoms with Gasteiger partial charge >= 0.3 is 0 Å². The van der Waals surface area contributed by atoms with E-state index in [1.165, 1.54) is 12.1 Å². The van der Waals surface area contributed by atoms with Crippen LogP contribution < -0.4 is 10.6 Å². The predicted octanol–water partition coefficient (Wildman–Crippen LogP) is 2.98. The summed E-state index contributed by atoms with van der Waals surface area (Å²) in [6.45, 7) is 2.79. The first-order chi connectivity index (χ1) is 10.1. The standard InChI is InChI=1S/C14H15F3N4/c1-2-18-14-20-8-12(17)13(21-14)19-4-3-9-5-10(15)7-11(16)6-9/h5-8H,2-4H2,1H3,(H2,18,19,20,21). The van der Waals surface area contributed by atoms with Crippen molar-refractivity contribution in [2.24, 2.45) is 0 Å². The van der Waals surface area contributed by atoms with Gasteiger partial charge in [-0.05, 0) is 31.0 Å². The van der Waals surface area contributed by atoms with Gasteiger partial charge in [0.1, 0.15) is 11.6 Å². The van der Waals surface area contributed by atoms with E-state index in [1.54, 1.807) is 0 Å². The van der Waals surface area contributed by atoms with Crippen LogP contribution in [0.2, 0.25) is 0 Å². The Kier molecular flexibility index (Phi) is 4.97. The summed E-state index contributed by atoms with van der Waals surface area (Å²) in [5, 5.41) is 5.66. The molecule has 0 atom stereocenters. The number of hydrogen-bond donors (Lipinski definition) is 2. The van der Waals surface area contributed by atoms with E-state index in [4.69, 9.17) is 0 Å². The number of halogens is 3. The van der Waals surface area contributed by atoms with Crippen LogP contribution in [-0.2, 0) is 6.42 Å². The molecule has 0 saturated carbocycles. The zero-order chi connectivity index (χ0) is 15.2. The highest BCUT2D eigenvalue weighted by Gasteiger charge is 2.06. The molecule has 112 valence electrons. The molecular formula is C14H15F3N4. The van der Waals surface area contributed by atoms with E-state index in [0.717, 1.165) is 12.3 Å². The highest BCUT2D eigenvalue weighted by Crippen LogP contribution is 2.13. The lowest BCUT2D eigenvalue weighted by Crippen LogP contribution is -2.11. The normalized spacial score (nSPS) is 10.5. The largest absolute Gasteiger partial charge is 0.367 e. The van der Waals surface area contributed by atoms with Crippen molar-refractivity contribution < 1.29 is 13.2 Å². The summed E-state index contributed by atoms with van der Waals surface area (Å²) in [6.07, 6.45) is 1.41. The van der Waals surface area contributed by atoms with Gasteiger partial charge in [-0.3, -0.25) is 0 Å². The molecule has 0 bridgehead atoms. The minimum absolute atomic E-state index is 0.0535. The van der Waals surface area contributed by atoms with Gasteiger partial charge in [-0.2, -0.15) is 4.98 Å². The summed E-state index contributed by atoms with van der Waals surface area (Å²) >= 11 is 0. The molecule has 0 unspecified atom stereocenters. The summed E-state index contributed by atoms with van der Waals surface area (Å²) in [7, 11) is 0. The molecule has 21 heavy (non-hydrogen) atoms. The Balaban J connectivity index is 1.98. The second-order valence-electron chi connectivity index (χ2n) is 4.37. The molecule has 2 rings (SSSR count). The average Bonchev–Trinajstić information content (AvgIpc) is 2.41. The van der Waals surface area contributed by atoms with Gasteiger partial charge in [0.25, 0.3) is 0 Å². The summed E-state index contributed by atoms with van der Waals surface area (Å²) < 4.78 is 39.6. The van der Waals surface area contributed by atoms with Gasteiger partial charge < -0.3 is 10.6 Å². The number of benzene rings is 1. The third-order valence-corrected chi connectivity index (χ3v) is 2.71. The average molecular weight is 296 g/mol. The van der Waals surface area contributed by atoms with Crippen molar-refractivity contribution in [3.63, 3.8) is 0 Å². The fourth-order valence-electron chi connectivity index (χ4n) is 1.81. The molecule has 4 nitrogen and oxygen atoms in total. The van der Waals surface area contributed by atoms with Crippen molar-refractivity contribution in [3.8, 4) is 0 Å². The molecule has 0 fully saturated rings. The second kappa shape index (κ2) is 6.92. The molecule has 1 aromatic carbocycles. The highest BCUT2D eigenvalue weighted by atomic mass is 19.1. The molecule has 7 heteroatoms. The van der Waals surface area contributed by atoms with Gasteiger partial charge in [0.15, 0.2) is 11.6 Å². The monoisotopic (exact) mass is 296 g/mol. The van der Waals surface area contributed by atoms with Crippen LogP contribution in [0.5, 0.6) is 0 Å². The maximum atomic E-state index is 13.5. The quantitative estimate of drug-likeness (QED) is 0.860. The van der Waals surface area contributed by atoms with Crippen molar-refractivity contribution in [2.75, 3.05) is 23.7 Å². The second-order valence-corrected chi connectivity index (χ2v) is 4.37. The SMILES string of the molecule is CCNc1ncc(F)c(NCCc2cc(F)cc(F)c2)n1. The van der Waals surface area contributed by atoms with Crippen LogP contribution in [0.25, 0.3) is 0 Å². The van der Waals surface area contributed by atoms with Gasteiger partial charge in [-0.25, -0.2) is 18.2 Å². The fourth-order valence-corrected chi connectivity index (χ4v) is 1.81. The van der Waals surface area contributed by atoms with Gasteiger partial charge in [0.05, 0.1) is 6.20 Å². The van der Waals surface area contributed by atoms with Crippen LogP contribution in [-0.4, -0.2) is 23.1 Å². The first-order valence-corrected chi connectivity index (χ1v) is 6.53. The Hall–Kier alpha value is -2.31.